The number of hydrogen-bond donors (Lipinski definition) is 1. The highest BCUT2D eigenvalue weighted by atomic mass is 35.5. The number of carbonyl (C=O) groups is 2. The van der Waals surface area contributed by atoms with E-state index in [1.807, 2.05) is 77.7 Å². The highest BCUT2D eigenvalue weighted by Crippen LogP contribution is 2.30. The molecule has 0 aliphatic heterocycles. The lowest BCUT2D eigenvalue weighted by molar-refractivity contribution is -0.117. The Morgan fingerprint density at radius 2 is 1.85 bits per heavy atom. The van der Waals surface area contributed by atoms with Gasteiger partial charge in [0, 0.05) is 28.5 Å². The molecule has 0 unspecified atom stereocenters. The predicted octanol–water partition coefficient (Wildman–Crippen LogP) is 5.81. The third-order valence-electron chi connectivity index (χ3n) is 5.70. The molecule has 2 heterocycles. The van der Waals surface area contributed by atoms with Crippen LogP contribution in [0.5, 0.6) is 0 Å². The fourth-order valence-electron chi connectivity index (χ4n) is 3.74. The number of hydrogen-bond acceptors (Lipinski definition) is 4. The number of rotatable bonds is 7. The van der Waals surface area contributed by atoms with E-state index >= 15 is 0 Å². The van der Waals surface area contributed by atoms with Crippen LogP contribution in [0.25, 0.3) is 16.9 Å². The van der Waals surface area contributed by atoms with Crippen LogP contribution in [0.2, 0.25) is 5.02 Å². The number of imidazole rings is 1. The maximum Gasteiger partial charge on any atom is 0.264 e. The van der Waals surface area contributed by atoms with Gasteiger partial charge in [-0.2, -0.15) is 0 Å². The molecule has 1 fully saturated rings. The molecule has 4 aromatic rings. The number of benzene rings is 2. The van der Waals surface area contributed by atoms with Crippen LogP contribution in [0.1, 0.15) is 28.1 Å². The lowest BCUT2D eigenvalue weighted by atomic mass is 10.2. The Kier molecular flexibility index (Phi) is 6.22. The lowest BCUT2D eigenvalue weighted by Crippen LogP contribution is -2.39. The van der Waals surface area contributed by atoms with Gasteiger partial charge in [-0.1, -0.05) is 47.5 Å². The predicted molar refractivity (Wildman–Crippen MR) is 136 cm³/mol. The van der Waals surface area contributed by atoms with Gasteiger partial charge in [0.2, 0.25) is 11.9 Å². The van der Waals surface area contributed by atoms with E-state index in [0.717, 1.165) is 29.7 Å². The van der Waals surface area contributed by atoms with Gasteiger partial charge in [0.1, 0.15) is 6.54 Å². The van der Waals surface area contributed by atoms with Crippen LogP contribution in [0.3, 0.4) is 0 Å². The molecule has 34 heavy (non-hydrogen) atoms. The maximum atomic E-state index is 13.1. The van der Waals surface area contributed by atoms with Crippen molar-refractivity contribution in [2.24, 2.45) is 0 Å². The van der Waals surface area contributed by atoms with Gasteiger partial charge in [-0.15, -0.1) is 11.3 Å². The smallest absolute Gasteiger partial charge is 0.264 e. The van der Waals surface area contributed by atoms with Crippen molar-refractivity contribution in [2.45, 2.75) is 25.8 Å². The number of halogens is 1. The Morgan fingerprint density at radius 1 is 1.12 bits per heavy atom. The zero-order chi connectivity index (χ0) is 23.7. The molecule has 2 aromatic heterocycles. The summed E-state index contributed by atoms with van der Waals surface area (Å²) in [6.07, 6.45) is 3.73. The topological polar surface area (TPSA) is 67.2 Å². The lowest BCUT2D eigenvalue weighted by Gasteiger charge is -2.21. The van der Waals surface area contributed by atoms with E-state index in [-0.39, 0.29) is 24.4 Å². The summed E-state index contributed by atoms with van der Waals surface area (Å²) in [5.41, 5.74) is 3.61. The van der Waals surface area contributed by atoms with Crippen molar-refractivity contribution < 1.29 is 9.59 Å². The molecular formula is C26H23ClN4O2S. The van der Waals surface area contributed by atoms with Gasteiger partial charge in [-0.05, 0) is 55.5 Å². The minimum atomic E-state index is -0.279. The molecule has 6 nitrogen and oxygen atoms in total. The molecule has 1 aliphatic rings. The Morgan fingerprint density at radius 3 is 2.50 bits per heavy atom. The third kappa shape index (κ3) is 4.90. The second-order valence-electron chi connectivity index (χ2n) is 8.35. The van der Waals surface area contributed by atoms with E-state index in [1.165, 1.54) is 11.3 Å². The SMILES string of the molecule is Cc1ccc(-n2cc(-c3ccc(Cl)cc3)nc2NC(=O)CN(C(=O)c2cccs2)C2CC2)cc1. The van der Waals surface area contributed by atoms with Gasteiger partial charge in [0.05, 0.1) is 10.6 Å². The van der Waals surface area contributed by atoms with Crippen molar-refractivity contribution in [3.05, 3.63) is 87.7 Å². The summed E-state index contributed by atoms with van der Waals surface area (Å²) < 4.78 is 1.85. The molecule has 2 aromatic carbocycles. The first-order valence-electron chi connectivity index (χ1n) is 11.0. The van der Waals surface area contributed by atoms with Gasteiger partial charge in [0.15, 0.2) is 0 Å². The molecule has 0 radical (unpaired) electrons. The summed E-state index contributed by atoms with van der Waals surface area (Å²) in [6, 6.07) is 19.1. The van der Waals surface area contributed by atoms with E-state index in [2.05, 4.69) is 5.32 Å². The number of aryl methyl sites for hydroxylation is 1. The number of thiophene rings is 1. The van der Waals surface area contributed by atoms with Gasteiger partial charge in [-0.25, -0.2) is 4.98 Å². The number of nitrogens with zero attached hydrogens (tertiary/aromatic N) is 3. The summed E-state index contributed by atoms with van der Waals surface area (Å²) in [7, 11) is 0. The van der Waals surface area contributed by atoms with E-state index in [4.69, 9.17) is 16.6 Å². The zero-order valence-electron chi connectivity index (χ0n) is 18.6. The highest BCUT2D eigenvalue weighted by molar-refractivity contribution is 7.12. The number of nitrogens with one attached hydrogen (secondary N) is 1. The quantitative estimate of drug-likeness (QED) is 0.355. The molecule has 1 aliphatic carbocycles. The molecule has 1 N–H and O–H groups in total. The summed E-state index contributed by atoms with van der Waals surface area (Å²) in [5.74, 6) is 0.0212. The number of aromatic nitrogens is 2. The van der Waals surface area contributed by atoms with Crippen molar-refractivity contribution in [3.8, 4) is 16.9 Å². The van der Waals surface area contributed by atoms with E-state index in [9.17, 15) is 9.59 Å². The van der Waals surface area contributed by atoms with Gasteiger partial charge >= 0.3 is 0 Å². The molecule has 1 saturated carbocycles. The molecule has 8 heteroatoms. The number of carbonyl (C=O) groups excluding carboxylic acids is 2. The fraction of sp³-hybridized carbons (Fsp3) is 0.192. The Bertz CT molecular complexity index is 1310. The first-order valence-corrected chi connectivity index (χ1v) is 12.3. The van der Waals surface area contributed by atoms with Crippen molar-refractivity contribution in [3.63, 3.8) is 0 Å². The minimum Gasteiger partial charge on any atom is -0.326 e. The standard InChI is InChI=1S/C26H23ClN4O2S/c1-17-4-10-21(11-5-17)31-15-22(18-6-8-19(27)9-7-18)28-26(31)29-24(32)16-30(20-12-13-20)25(33)23-3-2-14-34-23/h2-11,14-15,20H,12-13,16H2,1H3,(H,28,29,32). The molecule has 172 valence electrons. The van der Waals surface area contributed by atoms with Crippen LogP contribution in [-0.4, -0.2) is 38.9 Å². The Balaban J connectivity index is 1.42. The molecule has 0 spiro atoms. The van der Waals surface area contributed by atoms with Crippen molar-refractivity contribution in [1.82, 2.24) is 14.5 Å². The van der Waals surface area contributed by atoms with Gasteiger partial charge < -0.3 is 4.90 Å². The summed E-state index contributed by atoms with van der Waals surface area (Å²) in [6.45, 7) is 2.01. The number of anilines is 1. The van der Waals surface area contributed by atoms with E-state index in [0.29, 0.717) is 21.5 Å². The second-order valence-corrected chi connectivity index (χ2v) is 9.74. The van der Waals surface area contributed by atoms with Crippen LogP contribution < -0.4 is 5.32 Å². The van der Waals surface area contributed by atoms with Crippen molar-refractivity contribution in [1.29, 1.82) is 0 Å². The average molecular weight is 491 g/mol. The molecule has 2 amide bonds. The summed E-state index contributed by atoms with van der Waals surface area (Å²) in [5, 5.41) is 5.45. The highest BCUT2D eigenvalue weighted by Gasteiger charge is 2.35. The first kappa shape index (κ1) is 22.4. The van der Waals surface area contributed by atoms with Crippen LogP contribution in [0.4, 0.5) is 5.95 Å². The normalized spacial score (nSPS) is 13.0. The second kappa shape index (κ2) is 9.44. The molecule has 5 rings (SSSR count). The van der Waals surface area contributed by atoms with E-state index < -0.39 is 0 Å². The largest absolute Gasteiger partial charge is 0.326 e. The third-order valence-corrected chi connectivity index (χ3v) is 6.81. The molecule has 0 bridgehead atoms. The van der Waals surface area contributed by atoms with Crippen LogP contribution in [0.15, 0.2) is 72.2 Å². The van der Waals surface area contributed by atoms with E-state index in [1.54, 1.807) is 11.0 Å². The monoisotopic (exact) mass is 490 g/mol. The van der Waals surface area contributed by atoms with Crippen LogP contribution in [0, 0.1) is 6.92 Å². The van der Waals surface area contributed by atoms with Crippen LogP contribution >= 0.6 is 22.9 Å². The zero-order valence-corrected chi connectivity index (χ0v) is 20.1. The average Bonchev–Trinajstić information content (AvgIpc) is 3.35. The fourth-order valence-corrected chi connectivity index (χ4v) is 4.55. The summed E-state index contributed by atoms with van der Waals surface area (Å²) in [4.78, 5) is 33.0. The molecular weight excluding hydrogens is 468 g/mol. The molecule has 0 saturated heterocycles. The van der Waals surface area contributed by atoms with Gasteiger partial charge in [0.25, 0.3) is 5.91 Å². The maximum absolute atomic E-state index is 13.1. The summed E-state index contributed by atoms with van der Waals surface area (Å²) >= 11 is 7.43. The minimum absolute atomic E-state index is 0.0154. The van der Waals surface area contributed by atoms with Crippen molar-refractivity contribution in [2.75, 3.05) is 11.9 Å². The van der Waals surface area contributed by atoms with Gasteiger partial charge in [-0.3, -0.25) is 19.5 Å². The van der Waals surface area contributed by atoms with Crippen LogP contribution in [-0.2, 0) is 4.79 Å². The Labute approximate surface area is 206 Å². The molecule has 0 atom stereocenters. The first-order chi connectivity index (χ1) is 16.5. The Hall–Kier alpha value is -3.42. The number of amides is 2. The van der Waals surface area contributed by atoms with Crippen molar-refractivity contribution >= 4 is 40.7 Å².